The summed E-state index contributed by atoms with van der Waals surface area (Å²) in [5.74, 6) is 1.00. The Morgan fingerprint density at radius 2 is 1.93 bits per heavy atom. The first-order valence-electron chi connectivity index (χ1n) is 9.64. The van der Waals surface area contributed by atoms with E-state index in [1.54, 1.807) is 0 Å². The summed E-state index contributed by atoms with van der Waals surface area (Å²) in [6.45, 7) is 9.67. The summed E-state index contributed by atoms with van der Waals surface area (Å²) in [6, 6.07) is 5.70. The van der Waals surface area contributed by atoms with Crippen molar-refractivity contribution in [3.05, 3.63) is 28.8 Å². The third kappa shape index (κ3) is 6.73. The predicted octanol–water partition coefficient (Wildman–Crippen LogP) is 3.96. The van der Waals surface area contributed by atoms with E-state index >= 15 is 0 Å². The lowest BCUT2D eigenvalue weighted by atomic mass is 9.93. The second-order valence-corrected chi connectivity index (χ2v) is 8.65. The molecule has 1 aliphatic rings. The van der Waals surface area contributed by atoms with Crippen molar-refractivity contribution in [2.45, 2.75) is 59.4 Å². The highest BCUT2D eigenvalue weighted by Crippen LogP contribution is 2.22. The van der Waals surface area contributed by atoms with Crippen LogP contribution in [0, 0.1) is 12.3 Å². The first-order valence-corrected chi connectivity index (χ1v) is 10.0. The van der Waals surface area contributed by atoms with Gasteiger partial charge in [-0.3, -0.25) is 9.59 Å². The molecule has 0 atom stereocenters. The van der Waals surface area contributed by atoms with Gasteiger partial charge in [0.1, 0.15) is 5.75 Å². The van der Waals surface area contributed by atoms with Crippen LogP contribution in [0.1, 0.15) is 52.0 Å². The Hall–Kier alpha value is -1.75. The smallest absolute Gasteiger partial charge is 0.227 e. The molecule has 0 radical (unpaired) electrons. The molecule has 1 heterocycles. The van der Waals surface area contributed by atoms with Crippen LogP contribution in [0.3, 0.4) is 0 Å². The average Bonchev–Trinajstić information content (AvgIpc) is 2.61. The zero-order valence-corrected chi connectivity index (χ0v) is 17.6. The van der Waals surface area contributed by atoms with Crippen LogP contribution in [-0.4, -0.2) is 42.5 Å². The first-order chi connectivity index (χ1) is 12.7. The molecule has 27 heavy (non-hydrogen) atoms. The Balaban J connectivity index is 1.64. The van der Waals surface area contributed by atoms with Crippen molar-refractivity contribution in [3.8, 4) is 5.75 Å². The fourth-order valence-electron chi connectivity index (χ4n) is 3.13. The first kappa shape index (κ1) is 21.5. The number of benzene rings is 1. The molecule has 6 heteroatoms. The molecule has 2 rings (SSSR count). The SMILES string of the molecule is Cc1cc(OCCCC(=O)NC2CCN(C(=O)C(C)(C)C)CC2)ccc1Cl. The Morgan fingerprint density at radius 1 is 1.26 bits per heavy atom. The lowest BCUT2D eigenvalue weighted by Gasteiger charge is -2.36. The fourth-order valence-corrected chi connectivity index (χ4v) is 3.25. The molecule has 2 amide bonds. The maximum atomic E-state index is 12.3. The monoisotopic (exact) mass is 394 g/mol. The molecular formula is C21H31ClN2O3. The van der Waals surface area contributed by atoms with Crippen molar-refractivity contribution in [2.24, 2.45) is 5.41 Å². The number of aryl methyl sites for hydroxylation is 1. The van der Waals surface area contributed by atoms with Crippen LogP contribution in [-0.2, 0) is 9.59 Å². The van der Waals surface area contributed by atoms with E-state index in [-0.39, 0.29) is 23.3 Å². The molecule has 1 aromatic carbocycles. The van der Waals surface area contributed by atoms with Gasteiger partial charge in [-0.1, -0.05) is 32.4 Å². The number of nitrogens with zero attached hydrogens (tertiary/aromatic N) is 1. The number of rotatable bonds is 6. The molecule has 150 valence electrons. The van der Waals surface area contributed by atoms with Gasteiger partial charge in [0.2, 0.25) is 11.8 Å². The molecule has 1 fully saturated rings. The molecule has 1 aromatic rings. The second-order valence-electron chi connectivity index (χ2n) is 8.25. The minimum atomic E-state index is -0.349. The van der Waals surface area contributed by atoms with Gasteiger partial charge in [0, 0.05) is 36.0 Å². The van der Waals surface area contributed by atoms with E-state index in [2.05, 4.69) is 5.32 Å². The topological polar surface area (TPSA) is 58.6 Å². The van der Waals surface area contributed by atoms with Crippen molar-refractivity contribution in [1.82, 2.24) is 10.2 Å². The van der Waals surface area contributed by atoms with E-state index in [1.165, 1.54) is 0 Å². The highest BCUT2D eigenvalue weighted by Gasteiger charge is 2.30. The lowest BCUT2D eigenvalue weighted by Crippen LogP contribution is -2.49. The zero-order chi connectivity index (χ0) is 20.0. The number of likely N-dealkylation sites (tertiary alicyclic amines) is 1. The summed E-state index contributed by atoms with van der Waals surface area (Å²) < 4.78 is 5.67. The average molecular weight is 395 g/mol. The Morgan fingerprint density at radius 3 is 2.52 bits per heavy atom. The minimum Gasteiger partial charge on any atom is -0.494 e. The number of hydrogen-bond acceptors (Lipinski definition) is 3. The van der Waals surface area contributed by atoms with E-state index in [4.69, 9.17) is 16.3 Å². The van der Waals surface area contributed by atoms with Crippen molar-refractivity contribution in [2.75, 3.05) is 19.7 Å². The summed E-state index contributed by atoms with van der Waals surface area (Å²) in [7, 11) is 0. The van der Waals surface area contributed by atoms with Crippen LogP contribution in [0.2, 0.25) is 5.02 Å². The zero-order valence-electron chi connectivity index (χ0n) is 16.8. The summed E-state index contributed by atoms with van der Waals surface area (Å²) in [5, 5.41) is 3.80. The van der Waals surface area contributed by atoms with E-state index in [1.807, 2.05) is 50.8 Å². The van der Waals surface area contributed by atoms with Gasteiger partial charge in [-0.2, -0.15) is 0 Å². The maximum absolute atomic E-state index is 12.3. The lowest BCUT2D eigenvalue weighted by molar-refractivity contribution is -0.140. The van der Waals surface area contributed by atoms with Gasteiger partial charge in [0.05, 0.1) is 6.61 Å². The number of nitrogens with one attached hydrogen (secondary N) is 1. The van der Waals surface area contributed by atoms with Gasteiger partial charge < -0.3 is 15.0 Å². The summed E-state index contributed by atoms with van der Waals surface area (Å²) in [5.41, 5.74) is 0.627. The summed E-state index contributed by atoms with van der Waals surface area (Å²) in [6.07, 6.45) is 2.73. The molecule has 1 saturated heterocycles. The van der Waals surface area contributed by atoms with E-state index in [9.17, 15) is 9.59 Å². The Bertz CT molecular complexity index is 662. The van der Waals surface area contributed by atoms with Crippen LogP contribution in [0.4, 0.5) is 0 Å². The van der Waals surface area contributed by atoms with Crippen molar-refractivity contribution < 1.29 is 14.3 Å². The van der Waals surface area contributed by atoms with Gasteiger partial charge in [-0.25, -0.2) is 0 Å². The van der Waals surface area contributed by atoms with Crippen molar-refractivity contribution >= 4 is 23.4 Å². The van der Waals surface area contributed by atoms with Gasteiger partial charge in [0.25, 0.3) is 0 Å². The fraction of sp³-hybridized carbons (Fsp3) is 0.619. The third-order valence-electron chi connectivity index (χ3n) is 4.74. The number of halogens is 1. The normalized spacial score (nSPS) is 15.5. The van der Waals surface area contributed by atoms with Gasteiger partial charge in [0.15, 0.2) is 0 Å². The minimum absolute atomic E-state index is 0.0477. The van der Waals surface area contributed by atoms with Crippen LogP contribution < -0.4 is 10.1 Å². The largest absolute Gasteiger partial charge is 0.494 e. The second kappa shape index (κ2) is 9.45. The van der Waals surface area contributed by atoms with Crippen LogP contribution >= 0.6 is 11.6 Å². The van der Waals surface area contributed by atoms with E-state index in [0.29, 0.717) is 32.5 Å². The quantitative estimate of drug-likeness (QED) is 0.743. The highest BCUT2D eigenvalue weighted by molar-refractivity contribution is 6.31. The highest BCUT2D eigenvalue weighted by atomic mass is 35.5. The molecule has 0 aromatic heterocycles. The molecule has 5 nitrogen and oxygen atoms in total. The molecule has 0 aliphatic carbocycles. The Labute approximate surface area is 167 Å². The number of carbonyl (C=O) groups excluding carboxylic acids is 2. The number of ether oxygens (including phenoxy) is 1. The number of piperidine rings is 1. The number of amides is 2. The van der Waals surface area contributed by atoms with Gasteiger partial charge >= 0.3 is 0 Å². The summed E-state index contributed by atoms with van der Waals surface area (Å²) >= 11 is 5.99. The van der Waals surface area contributed by atoms with Crippen molar-refractivity contribution in [1.29, 1.82) is 0 Å². The number of carbonyl (C=O) groups is 2. The predicted molar refractivity (Wildman–Crippen MR) is 108 cm³/mol. The molecule has 1 N–H and O–H groups in total. The molecular weight excluding hydrogens is 364 g/mol. The van der Waals surface area contributed by atoms with Gasteiger partial charge in [-0.15, -0.1) is 0 Å². The molecule has 0 spiro atoms. The van der Waals surface area contributed by atoms with Crippen LogP contribution in [0.15, 0.2) is 18.2 Å². The molecule has 0 saturated carbocycles. The van der Waals surface area contributed by atoms with Crippen LogP contribution in [0.5, 0.6) is 5.75 Å². The molecule has 0 bridgehead atoms. The van der Waals surface area contributed by atoms with E-state index < -0.39 is 0 Å². The van der Waals surface area contributed by atoms with Crippen molar-refractivity contribution in [3.63, 3.8) is 0 Å². The maximum Gasteiger partial charge on any atom is 0.227 e. The third-order valence-corrected chi connectivity index (χ3v) is 5.16. The standard InChI is InChI=1S/C21H31ClN2O3/c1-15-14-17(7-8-18(15)22)27-13-5-6-19(25)23-16-9-11-24(12-10-16)20(26)21(2,3)4/h7-8,14,16H,5-6,9-13H2,1-4H3,(H,23,25). The Kier molecular flexibility index (Phi) is 7.54. The van der Waals surface area contributed by atoms with Gasteiger partial charge in [-0.05, 0) is 49.9 Å². The van der Waals surface area contributed by atoms with Crippen LogP contribution in [0.25, 0.3) is 0 Å². The van der Waals surface area contributed by atoms with E-state index in [0.717, 1.165) is 29.2 Å². The summed E-state index contributed by atoms with van der Waals surface area (Å²) in [4.78, 5) is 26.3. The molecule has 0 unspecified atom stereocenters. The molecule has 1 aliphatic heterocycles. The number of hydrogen-bond donors (Lipinski definition) is 1.